The van der Waals surface area contributed by atoms with Crippen LogP contribution < -0.4 is 4.90 Å². The molecule has 98 valence electrons. The standard InChI is InChI=1S/C7H10N2.C7H12N2/c1-9(2)7-3-5-8-6-4-7;1-8(2)9-6-4-3-5-7-9/h3-6H,1-2H3;3-6H,7H2,1-2H3. The van der Waals surface area contributed by atoms with Crippen molar-refractivity contribution >= 4 is 5.69 Å². The third-order valence-electron chi connectivity index (χ3n) is 2.49. The zero-order chi connectivity index (χ0) is 13.4. The summed E-state index contributed by atoms with van der Waals surface area (Å²) in [6.07, 6.45) is 11.8. The summed E-state index contributed by atoms with van der Waals surface area (Å²) < 4.78 is 0. The predicted molar refractivity (Wildman–Crippen MR) is 77.2 cm³/mol. The summed E-state index contributed by atoms with van der Waals surface area (Å²) in [7, 11) is 8.08. The van der Waals surface area contributed by atoms with Crippen LogP contribution in [0.15, 0.2) is 49.0 Å². The molecule has 0 amide bonds. The van der Waals surface area contributed by atoms with Gasteiger partial charge in [-0.15, -0.1) is 0 Å². The van der Waals surface area contributed by atoms with Gasteiger partial charge in [-0.3, -0.25) is 4.98 Å². The molecule has 1 aromatic rings. The maximum atomic E-state index is 3.90. The number of hydrazine groups is 1. The Kier molecular flexibility index (Phi) is 5.94. The molecule has 0 saturated carbocycles. The Morgan fingerprint density at radius 2 is 1.72 bits per heavy atom. The molecule has 1 aliphatic heterocycles. The van der Waals surface area contributed by atoms with Gasteiger partial charge in [0.2, 0.25) is 0 Å². The second-order valence-corrected chi connectivity index (χ2v) is 4.34. The summed E-state index contributed by atoms with van der Waals surface area (Å²) in [5.74, 6) is 0. The van der Waals surface area contributed by atoms with E-state index in [9.17, 15) is 0 Å². The maximum Gasteiger partial charge on any atom is 0.0523 e. The van der Waals surface area contributed by atoms with Gasteiger partial charge in [-0.25, -0.2) is 5.01 Å². The lowest BCUT2D eigenvalue weighted by molar-refractivity contribution is 0.0958. The van der Waals surface area contributed by atoms with Crippen LogP contribution >= 0.6 is 0 Å². The molecule has 0 unspecified atom stereocenters. The van der Waals surface area contributed by atoms with Crippen LogP contribution in [0.5, 0.6) is 0 Å². The first-order valence-electron chi connectivity index (χ1n) is 5.96. The first kappa shape index (κ1) is 14.3. The fourth-order valence-corrected chi connectivity index (χ4v) is 1.40. The largest absolute Gasteiger partial charge is 0.378 e. The molecule has 0 N–H and O–H groups in total. The molecule has 4 nitrogen and oxygen atoms in total. The minimum Gasteiger partial charge on any atom is -0.378 e. The number of hydrogen-bond donors (Lipinski definition) is 0. The van der Waals surface area contributed by atoms with E-state index in [2.05, 4.69) is 33.4 Å². The quantitative estimate of drug-likeness (QED) is 0.796. The molecular weight excluding hydrogens is 224 g/mol. The maximum absolute atomic E-state index is 3.90. The smallest absolute Gasteiger partial charge is 0.0523 e. The first-order chi connectivity index (χ1) is 8.61. The van der Waals surface area contributed by atoms with Crippen molar-refractivity contribution in [3.63, 3.8) is 0 Å². The Labute approximate surface area is 110 Å². The molecule has 1 aliphatic rings. The lowest BCUT2D eigenvalue weighted by Crippen LogP contribution is -2.32. The van der Waals surface area contributed by atoms with Crippen LogP contribution in [0, 0.1) is 0 Å². The molecule has 0 bridgehead atoms. The molecule has 0 fully saturated rings. The topological polar surface area (TPSA) is 22.6 Å². The highest BCUT2D eigenvalue weighted by Gasteiger charge is 1.98. The Bertz CT molecular complexity index is 382. The number of allylic oxidation sites excluding steroid dienone is 2. The van der Waals surface area contributed by atoms with Gasteiger partial charge >= 0.3 is 0 Å². The van der Waals surface area contributed by atoms with Gasteiger partial charge in [0.25, 0.3) is 0 Å². The van der Waals surface area contributed by atoms with Crippen LogP contribution in [0.2, 0.25) is 0 Å². The summed E-state index contributed by atoms with van der Waals surface area (Å²) in [5.41, 5.74) is 1.19. The zero-order valence-corrected chi connectivity index (χ0v) is 11.6. The van der Waals surface area contributed by atoms with E-state index in [0.717, 1.165) is 6.54 Å². The number of pyridine rings is 1. The van der Waals surface area contributed by atoms with Crippen LogP contribution in [-0.4, -0.2) is 49.7 Å². The number of aromatic nitrogens is 1. The summed E-state index contributed by atoms with van der Waals surface area (Å²) in [5, 5.41) is 4.18. The van der Waals surface area contributed by atoms with Crippen molar-refractivity contribution in [1.82, 2.24) is 15.0 Å². The zero-order valence-electron chi connectivity index (χ0n) is 11.6. The number of rotatable bonds is 2. The molecule has 0 atom stereocenters. The summed E-state index contributed by atoms with van der Waals surface area (Å²) >= 11 is 0. The number of anilines is 1. The monoisotopic (exact) mass is 246 g/mol. The highest BCUT2D eigenvalue weighted by Crippen LogP contribution is 2.05. The van der Waals surface area contributed by atoms with Crippen molar-refractivity contribution in [2.75, 3.05) is 39.6 Å². The van der Waals surface area contributed by atoms with E-state index < -0.39 is 0 Å². The number of hydrogen-bond acceptors (Lipinski definition) is 4. The third-order valence-corrected chi connectivity index (χ3v) is 2.49. The lowest BCUT2D eigenvalue weighted by Gasteiger charge is -2.27. The number of nitrogens with zero attached hydrogens (tertiary/aromatic N) is 4. The second-order valence-electron chi connectivity index (χ2n) is 4.34. The molecular formula is C14H22N4. The average molecular weight is 246 g/mol. The highest BCUT2D eigenvalue weighted by atomic mass is 15.6. The first-order valence-corrected chi connectivity index (χ1v) is 5.96. The van der Waals surface area contributed by atoms with Crippen LogP contribution in [0.4, 0.5) is 5.69 Å². The van der Waals surface area contributed by atoms with Crippen molar-refractivity contribution in [1.29, 1.82) is 0 Å². The summed E-state index contributed by atoms with van der Waals surface area (Å²) in [6, 6.07) is 3.94. The van der Waals surface area contributed by atoms with Gasteiger partial charge in [0.1, 0.15) is 0 Å². The van der Waals surface area contributed by atoms with Crippen LogP contribution in [-0.2, 0) is 0 Å². The van der Waals surface area contributed by atoms with Crippen molar-refractivity contribution in [3.05, 3.63) is 49.0 Å². The SMILES string of the molecule is CN(C)N1C=CC=CC1.CN(C)c1ccncc1. The van der Waals surface area contributed by atoms with Gasteiger partial charge in [0, 0.05) is 52.5 Å². The molecule has 0 aliphatic carbocycles. The van der Waals surface area contributed by atoms with Crippen LogP contribution in [0.1, 0.15) is 0 Å². The van der Waals surface area contributed by atoms with Crippen molar-refractivity contribution in [2.45, 2.75) is 0 Å². The molecule has 2 rings (SSSR count). The fraction of sp³-hybridized carbons (Fsp3) is 0.357. The van der Waals surface area contributed by atoms with E-state index in [0.29, 0.717) is 0 Å². The van der Waals surface area contributed by atoms with Crippen molar-refractivity contribution in [3.8, 4) is 0 Å². The minimum atomic E-state index is 0.990. The highest BCUT2D eigenvalue weighted by molar-refractivity contribution is 5.42. The second kappa shape index (κ2) is 7.50. The minimum absolute atomic E-state index is 0.990. The molecule has 1 aromatic heterocycles. The van der Waals surface area contributed by atoms with Gasteiger partial charge < -0.3 is 9.91 Å². The van der Waals surface area contributed by atoms with Gasteiger partial charge in [-0.1, -0.05) is 12.2 Å². The average Bonchev–Trinajstić information content (AvgIpc) is 2.41. The van der Waals surface area contributed by atoms with Gasteiger partial charge in [0.05, 0.1) is 6.54 Å². The Balaban J connectivity index is 0.000000180. The van der Waals surface area contributed by atoms with Gasteiger partial charge in [0.15, 0.2) is 0 Å². The van der Waals surface area contributed by atoms with E-state index in [1.807, 2.05) is 51.3 Å². The molecule has 18 heavy (non-hydrogen) atoms. The van der Waals surface area contributed by atoms with E-state index in [4.69, 9.17) is 0 Å². The normalized spacial score (nSPS) is 13.3. The van der Waals surface area contributed by atoms with Crippen LogP contribution in [0.3, 0.4) is 0 Å². The molecule has 0 spiro atoms. The summed E-state index contributed by atoms with van der Waals surface area (Å²) in [4.78, 5) is 5.94. The van der Waals surface area contributed by atoms with Gasteiger partial charge in [-0.05, 0) is 18.2 Å². The predicted octanol–water partition coefficient (Wildman–Crippen LogP) is 2.00. The summed E-state index contributed by atoms with van der Waals surface area (Å²) in [6.45, 7) is 0.990. The lowest BCUT2D eigenvalue weighted by atomic mass is 10.4. The van der Waals surface area contributed by atoms with E-state index in [1.54, 1.807) is 12.4 Å². The Morgan fingerprint density at radius 3 is 2.06 bits per heavy atom. The molecule has 4 heteroatoms. The molecule has 0 radical (unpaired) electrons. The molecule has 0 saturated heterocycles. The third kappa shape index (κ3) is 5.01. The van der Waals surface area contributed by atoms with E-state index in [1.165, 1.54) is 5.69 Å². The van der Waals surface area contributed by atoms with E-state index >= 15 is 0 Å². The Morgan fingerprint density at radius 1 is 1.06 bits per heavy atom. The van der Waals surface area contributed by atoms with Crippen molar-refractivity contribution < 1.29 is 0 Å². The van der Waals surface area contributed by atoms with E-state index in [-0.39, 0.29) is 0 Å². The van der Waals surface area contributed by atoms with Crippen LogP contribution in [0.25, 0.3) is 0 Å². The van der Waals surface area contributed by atoms with Gasteiger partial charge in [-0.2, -0.15) is 0 Å². The van der Waals surface area contributed by atoms with Crippen molar-refractivity contribution in [2.24, 2.45) is 0 Å². The molecule has 2 heterocycles. The Hall–Kier alpha value is -1.81. The fourth-order valence-electron chi connectivity index (χ4n) is 1.40. The molecule has 0 aromatic carbocycles.